The fraction of sp³-hybridized carbons (Fsp3) is 0.222. The van der Waals surface area contributed by atoms with Gasteiger partial charge < -0.3 is 10.1 Å². The Balaban J connectivity index is 2.51. The summed E-state index contributed by atoms with van der Waals surface area (Å²) in [5.74, 6) is -0.404. The third-order valence-electron chi connectivity index (χ3n) is 1.49. The molecule has 0 fully saturated rings. The summed E-state index contributed by atoms with van der Waals surface area (Å²) in [7, 11) is 0. The van der Waals surface area contributed by atoms with Gasteiger partial charge in [0.25, 0.3) is 5.91 Å². The normalized spacial score (nSPS) is 12.1. The fourth-order valence-corrected chi connectivity index (χ4v) is 1.02. The fourth-order valence-electron chi connectivity index (χ4n) is 0.873. The smallest absolute Gasteiger partial charge is 0.254 e. The number of rotatable bonds is 4. The Hall–Kier alpha value is -1.13. The van der Waals surface area contributed by atoms with Crippen LogP contribution in [-0.4, -0.2) is 18.5 Å². The number of carbonyl (C=O) groups is 1. The van der Waals surface area contributed by atoms with Crippen LogP contribution in [0.1, 0.15) is 10.4 Å². The molecule has 0 aromatic heterocycles. The number of alkyl halides is 2. The Kier molecular flexibility index (Phi) is 4.35. The van der Waals surface area contributed by atoms with E-state index < -0.39 is 18.5 Å². The first-order valence-corrected chi connectivity index (χ1v) is 4.35. The number of ether oxygens (including phenoxy) is 1. The molecule has 76 valence electrons. The number of carbonyl (C=O) groups excluding carboxylic acids is 1. The largest absolute Gasteiger partial charge is 0.314 e. The van der Waals surface area contributed by atoms with Crippen molar-refractivity contribution in [1.29, 1.82) is 0 Å². The van der Waals surface area contributed by atoms with E-state index in [1.807, 2.05) is 0 Å². The minimum Gasteiger partial charge on any atom is -0.314 e. The van der Waals surface area contributed by atoms with Crippen molar-refractivity contribution in [2.45, 2.75) is 5.69 Å². The highest BCUT2D eigenvalue weighted by Crippen LogP contribution is 2.01. The molecule has 1 atom stereocenters. The molecule has 0 saturated carbocycles. The number of hydrogen-bond donors (Lipinski definition) is 1. The summed E-state index contributed by atoms with van der Waals surface area (Å²) in [6, 6.07) is 8.46. The van der Waals surface area contributed by atoms with Crippen LogP contribution in [0.4, 0.5) is 4.39 Å². The van der Waals surface area contributed by atoms with Crippen LogP contribution in [0.15, 0.2) is 30.3 Å². The van der Waals surface area contributed by atoms with Crippen LogP contribution in [0.2, 0.25) is 0 Å². The Morgan fingerprint density at radius 1 is 1.50 bits per heavy atom. The second kappa shape index (κ2) is 5.57. The van der Waals surface area contributed by atoms with Crippen molar-refractivity contribution < 1.29 is 13.9 Å². The third-order valence-corrected chi connectivity index (χ3v) is 1.72. The van der Waals surface area contributed by atoms with Crippen molar-refractivity contribution in [3.63, 3.8) is 0 Å². The molecule has 5 heteroatoms. The minimum atomic E-state index is -1.15. The molecule has 3 nitrogen and oxygen atoms in total. The van der Waals surface area contributed by atoms with Crippen molar-refractivity contribution in [2.24, 2.45) is 0 Å². The van der Waals surface area contributed by atoms with Crippen molar-refractivity contribution >= 4 is 17.5 Å². The van der Waals surface area contributed by atoms with Crippen molar-refractivity contribution in [1.82, 2.24) is 5.32 Å². The Labute approximate surface area is 85.8 Å². The predicted octanol–water partition coefficient (Wildman–Crippen LogP) is 1.88. The van der Waals surface area contributed by atoms with Gasteiger partial charge in [0.15, 0.2) is 6.86 Å². The second-order valence-electron chi connectivity index (χ2n) is 2.43. The molecule has 0 saturated heterocycles. The quantitative estimate of drug-likeness (QED) is 0.475. The molecule has 14 heavy (non-hydrogen) atoms. The zero-order chi connectivity index (χ0) is 10.4. The van der Waals surface area contributed by atoms with Gasteiger partial charge in [-0.3, -0.25) is 4.79 Å². The lowest BCUT2D eigenvalue weighted by molar-refractivity contribution is 0.0215. The van der Waals surface area contributed by atoms with E-state index in [-0.39, 0.29) is 0 Å². The molecule has 0 aliphatic rings. The molecular weight excluding hydrogens is 209 g/mol. The van der Waals surface area contributed by atoms with E-state index in [2.05, 4.69) is 10.1 Å². The number of halogens is 2. The zero-order valence-electron chi connectivity index (χ0n) is 7.24. The summed E-state index contributed by atoms with van der Waals surface area (Å²) in [5.41, 5.74) is -0.701. The molecule has 0 bridgehead atoms. The predicted molar refractivity (Wildman–Crippen MR) is 50.6 cm³/mol. The molecule has 1 rings (SSSR count). The molecule has 0 aliphatic carbocycles. The van der Waals surface area contributed by atoms with Crippen LogP contribution < -0.4 is 5.32 Å². The molecule has 0 radical (unpaired) electrons. The standard InChI is InChI=1S/C9H9ClFNO2/c10-9(14-6-11)12-8(13)7-4-2-1-3-5-7/h1-5,9H,6H2,(H,12,13). The van der Waals surface area contributed by atoms with Crippen molar-refractivity contribution in [3.05, 3.63) is 35.9 Å². The van der Waals surface area contributed by atoms with E-state index in [1.54, 1.807) is 30.3 Å². The maximum Gasteiger partial charge on any atom is 0.254 e. The van der Waals surface area contributed by atoms with Gasteiger partial charge in [-0.05, 0) is 12.1 Å². The Morgan fingerprint density at radius 3 is 2.71 bits per heavy atom. The first-order chi connectivity index (χ1) is 6.74. The first-order valence-electron chi connectivity index (χ1n) is 3.91. The van der Waals surface area contributed by atoms with Gasteiger partial charge in [0.2, 0.25) is 5.69 Å². The average Bonchev–Trinajstić information content (AvgIpc) is 2.19. The van der Waals surface area contributed by atoms with Crippen LogP contribution in [0.3, 0.4) is 0 Å². The minimum absolute atomic E-state index is 0.404. The second-order valence-corrected chi connectivity index (χ2v) is 2.83. The highest BCUT2D eigenvalue weighted by atomic mass is 35.5. The lowest BCUT2D eigenvalue weighted by Crippen LogP contribution is -2.32. The zero-order valence-corrected chi connectivity index (χ0v) is 8.00. The molecular formula is C9H9ClFNO2. The molecule has 1 N–H and O–H groups in total. The van der Waals surface area contributed by atoms with Gasteiger partial charge in [-0.25, -0.2) is 4.39 Å². The van der Waals surface area contributed by atoms with Gasteiger partial charge in [-0.15, -0.1) is 0 Å². The monoisotopic (exact) mass is 217 g/mol. The summed E-state index contributed by atoms with van der Waals surface area (Å²) < 4.78 is 15.9. The molecule has 0 aliphatic heterocycles. The topological polar surface area (TPSA) is 38.3 Å². The lowest BCUT2D eigenvalue weighted by Gasteiger charge is -2.09. The molecule has 0 heterocycles. The molecule has 1 aromatic carbocycles. The van der Waals surface area contributed by atoms with Gasteiger partial charge in [-0.2, -0.15) is 0 Å². The molecule has 1 aromatic rings. The van der Waals surface area contributed by atoms with E-state index in [0.29, 0.717) is 5.56 Å². The summed E-state index contributed by atoms with van der Waals surface area (Å²) in [4.78, 5) is 11.3. The maximum atomic E-state index is 11.6. The molecule has 0 spiro atoms. The van der Waals surface area contributed by atoms with Crippen LogP contribution in [0, 0.1) is 0 Å². The van der Waals surface area contributed by atoms with Crippen LogP contribution in [0.5, 0.6) is 0 Å². The Bertz CT molecular complexity index is 294. The van der Waals surface area contributed by atoms with Gasteiger partial charge in [0.1, 0.15) is 0 Å². The maximum absolute atomic E-state index is 11.6. The summed E-state index contributed by atoms with van der Waals surface area (Å²) >= 11 is 5.43. The number of benzene rings is 1. The number of amides is 1. The molecule has 1 unspecified atom stereocenters. The molecule has 1 amide bonds. The average molecular weight is 218 g/mol. The summed E-state index contributed by atoms with van der Waals surface area (Å²) in [6.45, 7) is -1.04. The van der Waals surface area contributed by atoms with E-state index in [1.165, 1.54) is 0 Å². The van der Waals surface area contributed by atoms with Gasteiger partial charge in [0, 0.05) is 5.56 Å². The third kappa shape index (κ3) is 3.32. The first kappa shape index (κ1) is 10.9. The van der Waals surface area contributed by atoms with Crippen LogP contribution >= 0.6 is 11.6 Å². The van der Waals surface area contributed by atoms with Crippen molar-refractivity contribution in [2.75, 3.05) is 6.86 Å². The SMILES string of the molecule is O=C(NC(Cl)OCF)c1ccccc1. The van der Waals surface area contributed by atoms with E-state index >= 15 is 0 Å². The highest BCUT2D eigenvalue weighted by molar-refractivity contribution is 6.20. The summed E-state index contributed by atoms with van der Waals surface area (Å²) in [5, 5.41) is 2.26. The number of nitrogens with one attached hydrogen (secondary N) is 1. The van der Waals surface area contributed by atoms with E-state index in [9.17, 15) is 9.18 Å². The lowest BCUT2D eigenvalue weighted by atomic mass is 10.2. The van der Waals surface area contributed by atoms with Gasteiger partial charge >= 0.3 is 0 Å². The van der Waals surface area contributed by atoms with Crippen LogP contribution in [-0.2, 0) is 4.74 Å². The Morgan fingerprint density at radius 2 is 2.14 bits per heavy atom. The van der Waals surface area contributed by atoms with Crippen LogP contribution in [0.25, 0.3) is 0 Å². The van der Waals surface area contributed by atoms with E-state index in [4.69, 9.17) is 11.6 Å². The summed E-state index contributed by atoms with van der Waals surface area (Å²) in [6.07, 6.45) is 0. The highest BCUT2D eigenvalue weighted by Gasteiger charge is 2.10. The van der Waals surface area contributed by atoms with Gasteiger partial charge in [-0.1, -0.05) is 29.8 Å². The van der Waals surface area contributed by atoms with E-state index in [0.717, 1.165) is 0 Å². The number of hydrogen-bond acceptors (Lipinski definition) is 2. The van der Waals surface area contributed by atoms with Gasteiger partial charge in [0.05, 0.1) is 0 Å². The van der Waals surface area contributed by atoms with Crippen molar-refractivity contribution in [3.8, 4) is 0 Å².